The Bertz CT molecular complexity index is 296. The third kappa shape index (κ3) is 3.24. The summed E-state index contributed by atoms with van der Waals surface area (Å²) in [6.07, 6.45) is 1.02. The first-order valence-electron chi connectivity index (χ1n) is 5.64. The SMILES string of the molecule is CC(C)c1ccc(C(C)(C)CCCl)cc1. The van der Waals surface area contributed by atoms with Gasteiger partial charge in [-0.05, 0) is 28.9 Å². The van der Waals surface area contributed by atoms with E-state index in [-0.39, 0.29) is 5.41 Å². The Labute approximate surface area is 98.7 Å². The number of hydrogen-bond donors (Lipinski definition) is 0. The molecule has 0 aliphatic rings. The summed E-state index contributed by atoms with van der Waals surface area (Å²) < 4.78 is 0. The van der Waals surface area contributed by atoms with Crippen molar-refractivity contribution in [3.8, 4) is 0 Å². The van der Waals surface area contributed by atoms with Gasteiger partial charge in [0.15, 0.2) is 0 Å². The predicted molar refractivity (Wildman–Crippen MR) is 68.9 cm³/mol. The van der Waals surface area contributed by atoms with E-state index in [1.54, 1.807) is 0 Å². The molecule has 0 amide bonds. The molecule has 0 heterocycles. The normalized spacial score (nSPS) is 12.1. The molecule has 0 unspecified atom stereocenters. The van der Waals surface area contributed by atoms with E-state index in [1.807, 2.05) is 0 Å². The minimum absolute atomic E-state index is 0.192. The lowest BCUT2D eigenvalue weighted by Crippen LogP contribution is -2.17. The van der Waals surface area contributed by atoms with Crippen LogP contribution in [0.25, 0.3) is 0 Å². The molecule has 0 bridgehead atoms. The minimum atomic E-state index is 0.192. The summed E-state index contributed by atoms with van der Waals surface area (Å²) in [6, 6.07) is 8.94. The minimum Gasteiger partial charge on any atom is -0.127 e. The van der Waals surface area contributed by atoms with Gasteiger partial charge < -0.3 is 0 Å². The van der Waals surface area contributed by atoms with Crippen LogP contribution in [0.5, 0.6) is 0 Å². The zero-order valence-corrected chi connectivity index (χ0v) is 10.9. The lowest BCUT2D eigenvalue weighted by molar-refractivity contribution is 0.509. The molecule has 0 spiro atoms. The van der Waals surface area contributed by atoms with Crippen molar-refractivity contribution in [2.24, 2.45) is 0 Å². The van der Waals surface area contributed by atoms with Crippen LogP contribution in [-0.2, 0) is 5.41 Å². The number of benzene rings is 1. The van der Waals surface area contributed by atoms with Gasteiger partial charge in [-0.1, -0.05) is 52.0 Å². The zero-order chi connectivity index (χ0) is 11.5. The molecule has 0 nitrogen and oxygen atoms in total. The molecule has 0 atom stereocenters. The van der Waals surface area contributed by atoms with Gasteiger partial charge in [0.25, 0.3) is 0 Å². The molecule has 0 aliphatic carbocycles. The molecule has 1 aromatic carbocycles. The maximum Gasteiger partial charge on any atom is 0.0231 e. The van der Waals surface area contributed by atoms with Crippen molar-refractivity contribution >= 4 is 11.6 Å². The fourth-order valence-electron chi connectivity index (χ4n) is 1.70. The van der Waals surface area contributed by atoms with E-state index in [0.717, 1.165) is 12.3 Å². The number of rotatable bonds is 4. The van der Waals surface area contributed by atoms with Crippen molar-refractivity contribution < 1.29 is 0 Å². The molecule has 1 rings (SSSR count). The van der Waals surface area contributed by atoms with Crippen molar-refractivity contribution in [2.75, 3.05) is 5.88 Å². The van der Waals surface area contributed by atoms with E-state index in [0.29, 0.717) is 5.92 Å². The van der Waals surface area contributed by atoms with Crippen molar-refractivity contribution in [2.45, 2.75) is 45.4 Å². The third-order valence-corrected chi connectivity index (χ3v) is 3.27. The van der Waals surface area contributed by atoms with Gasteiger partial charge in [-0.3, -0.25) is 0 Å². The maximum atomic E-state index is 5.82. The molecule has 0 fully saturated rings. The van der Waals surface area contributed by atoms with Gasteiger partial charge in [0, 0.05) is 5.88 Å². The van der Waals surface area contributed by atoms with Crippen molar-refractivity contribution in [3.05, 3.63) is 35.4 Å². The molecule has 15 heavy (non-hydrogen) atoms. The molecule has 0 saturated carbocycles. The number of alkyl halides is 1. The van der Waals surface area contributed by atoms with E-state index in [2.05, 4.69) is 52.0 Å². The highest BCUT2D eigenvalue weighted by atomic mass is 35.5. The van der Waals surface area contributed by atoms with Gasteiger partial charge in [-0.25, -0.2) is 0 Å². The first-order chi connectivity index (χ1) is 6.97. The molecular formula is C14H21Cl. The first-order valence-corrected chi connectivity index (χ1v) is 6.17. The summed E-state index contributed by atoms with van der Waals surface area (Å²) in [5.41, 5.74) is 2.98. The van der Waals surface area contributed by atoms with Crippen molar-refractivity contribution in [3.63, 3.8) is 0 Å². The Hall–Kier alpha value is -0.490. The van der Waals surface area contributed by atoms with E-state index < -0.39 is 0 Å². The molecule has 1 aromatic rings. The van der Waals surface area contributed by atoms with Crippen molar-refractivity contribution in [1.82, 2.24) is 0 Å². The van der Waals surface area contributed by atoms with Crippen LogP contribution >= 0.6 is 11.6 Å². The summed E-state index contributed by atoms with van der Waals surface area (Å²) in [6.45, 7) is 8.94. The van der Waals surface area contributed by atoms with Crippen LogP contribution < -0.4 is 0 Å². The van der Waals surface area contributed by atoms with E-state index in [9.17, 15) is 0 Å². The fraction of sp³-hybridized carbons (Fsp3) is 0.571. The summed E-state index contributed by atoms with van der Waals surface area (Å²) in [4.78, 5) is 0. The molecule has 0 aliphatic heterocycles. The molecule has 0 N–H and O–H groups in total. The van der Waals surface area contributed by atoms with Crippen LogP contribution in [0.4, 0.5) is 0 Å². The Balaban J connectivity index is 2.88. The maximum absolute atomic E-state index is 5.82. The molecule has 1 heteroatoms. The second kappa shape index (κ2) is 5.03. The predicted octanol–water partition coefficient (Wildman–Crippen LogP) is 4.72. The quantitative estimate of drug-likeness (QED) is 0.650. The summed E-state index contributed by atoms with van der Waals surface area (Å²) in [5, 5.41) is 0. The largest absolute Gasteiger partial charge is 0.127 e. The van der Waals surface area contributed by atoms with Gasteiger partial charge in [-0.2, -0.15) is 0 Å². The molecule has 0 aromatic heterocycles. The van der Waals surface area contributed by atoms with Gasteiger partial charge in [0.2, 0.25) is 0 Å². The van der Waals surface area contributed by atoms with E-state index >= 15 is 0 Å². The second-order valence-corrected chi connectivity index (χ2v) is 5.48. The van der Waals surface area contributed by atoms with Crippen LogP contribution in [0, 0.1) is 0 Å². The highest BCUT2D eigenvalue weighted by Crippen LogP contribution is 2.28. The Kier molecular flexibility index (Phi) is 4.21. The van der Waals surface area contributed by atoms with Crippen molar-refractivity contribution in [1.29, 1.82) is 0 Å². The third-order valence-electron chi connectivity index (χ3n) is 3.08. The number of hydrogen-bond acceptors (Lipinski definition) is 0. The fourth-order valence-corrected chi connectivity index (χ4v) is 2.17. The number of halogens is 1. The lowest BCUT2D eigenvalue weighted by atomic mass is 9.81. The van der Waals surface area contributed by atoms with E-state index in [4.69, 9.17) is 11.6 Å². The smallest absolute Gasteiger partial charge is 0.0231 e. The topological polar surface area (TPSA) is 0 Å². The Morgan fingerprint density at radius 2 is 1.67 bits per heavy atom. The summed E-state index contributed by atoms with van der Waals surface area (Å²) >= 11 is 5.82. The molecule has 84 valence electrons. The molecule has 0 radical (unpaired) electrons. The zero-order valence-electron chi connectivity index (χ0n) is 10.2. The highest BCUT2D eigenvalue weighted by Gasteiger charge is 2.19. The van der Waals surface area contributed by atoms with Gasteiger partial charge in [-0.15, -0.1) is 11.6 Å². The standard InChI is InChI=1S/C14H21Cl/c1-11(2)12-5-7-13(8-6-12)14(3,4)9-10-15/h5-8,11H,9-10H2,1-4H3. The highest BCUT2D eigenvalue weighted by molar-refractivity contribution is 6.17. The van der Waals surface area contributed by atoms with Crippen LogP contribution in [0.1, 0.15) is 51.2 Å². The molecular weight excluding hydrogens is 204 g/mol. The van der Waals surface area contributed by atoms with Crippen LogP contribution in [-0.4, -0.2) is 5.88 Å². The van der Waals surface area contributed by atoms with Crippen LogP contribution in [0.15, 0.2) is 24.3 Å². The van der Waals surface area contributed by atoms with Gasteiger partial charge >= 0.3 is 0 Å². The Morgan fingerprint density at radius 3 is 2.07 bits per heavy atom. The van der Waals surface area contributed by atoms with Gasteiger partial charge in [0.05, 0.1) is 0 Å². The summed E-state index contributed by atoms with van der Waals surface area (Å²) in [5.74, 6) is 1.33. The van der Waals surface area contributed by atoms with Crippen LogP contribution in [0.2, 0.25) is 0 Å². The van der Waals surface area contributed by atoms with Crippen LogP contribution in [0.3, 0.4) is 0 Å². The average Bonchev–Trinajstić information content (AvgIpc) is 2.18. The van der Waals surface area contributed by atoms with Gasteiger partial charge in [0.1, 0.15) is 0 Å². The average molecular weight is 225 g/mol. The Morgan fingerprint density at radius 1 is 1.13 bits per heavy atom. The lowest BCUT2D eigenvalue weighted by Gasteiger charge is -2.24. The first kappa shape index (κ1) is 12.6. The summed E-state index contributed by atoms with van der Waals surface area (Å²) in [7, 11) is 0. The monoisotopic (exact) mass is 224 g/mol. The molecule has 0 saturated heterocycles. The van der Waals surface area contributed by atoms with E-state index in [1.165, 1.54) is 11.1 Å². The second-order valence-electron chi connectivity index (χ2n) is 5.10.